The molecule has 0 radical (unpaired) electrons. The number of carbonyl (C=O) groups is 2. The van der Waals surface area contributed by atoms with Crippen LogP contribution in [0.3, 0.4) is 0 Å². The number of nitrogens with one attached hydrogen (secondary N) is 1. The first kappa shape index (κ1) is 16.7. The number of amides is 1. The molecule has 0 atom stereocenters. The average Bonchev–Trinajstić information content (AvgIpc) is 2.92. The van der Waals surface area contributed by atoms with Crippen LogP contribution >= 0.6 is 38.9 Å². The van der Waals surface area contributed by atoms with Crippen LogP contribution < -0.4 is 5.32 Å². The molecular weight excluding hydrogens is 398 g/mol. The van der Waals surface area contributed by atoms with Gasteiger partial charge in [0.05, 0.1) is 5.56 Å². The van der Waals surface area contributed by atoms with Crippen molar-refractivity contribution >= 4 is 55.6 Å². The van der Waals surface area contributed by atoms with Crippen molar-refractivity contribution < 1.29 is 9.59 Å². The minimum atomic E-state index is -0.282. The Labute approximate surface area is 152 Å². The molecule has 3 nitrogen and oxygen atoms in total. The molecule has 1 heterocycles. The Bertz CT molecular complexity index is 755. The molecule has 0 spiro atoms. The van der Waals surface area contributed by atoms with E-state index < -0.39 is 0 Å². The summed E-state index contributed by atoms with van der Waals surface area (Å²) in [5.74, 6) is -0.439. The number of ketones is 1. The maximum atomic E-state index is 13.0. The van der Waals surface area contributed by atoms with Crippen molar-refractivity contribution in [3.8, 4) is 0 Å². The summed E-state index contributed by atoms with van der Waals surface area (Å²) in [5, 5.41) is 3.43. The van der Waals surface area contributed by atoms with Gasteiger partial charge in [0.2, 0.25) is 5.91 Å². The molecule has 1 aromatic carbocycles. The highest BCUT2D eigenvalue weighted by Crippen LogP contribution is 2.39. The van der Waals surface area contributed by atoms with Gasteiger partial charge in [0.25, 0.3) is 0 Å². The summed E-state index contributed by atoms with van der Waals surface area (Å²) in [6, 6.07) is 7.30. The lowest BCUT2D eigenvalue weighted by Crippen LogP contribution is -2.15. The van der Waals surface area contributed by atoms with Gasteiger partial charge in [0, 0.05) is 14.9 Å². The SMILES string of the molecule is O=C(CCl)Nc1sc2c(c1C(=O)c1ccc(Br)cc1)CCCC2. The molecule has 1 amide bonds. The maximum Gasteiger partial charge on any atom is 0.239 e. The van der Waals surface area contributed by atoms with Crippen molar-refractivity contribution in [2.24, 2.45) is 0 Å². The summed E-state index contributed by atoms with van der Waals surface area (Å²) in [4.78, 5) is 25.9. The van der Waals surface area contributed by atoms with Gasteiger partial charge in [0.1, 0.15) is 10.9 Å². The molecule has 0 saturated heterocycles. The first-order valence-electron chi connectivity index (χ1n) is 7.40. The number of hydrogen-bond donors (Lipinski definition) is 1. The van der Waals surface area contributed by atoms with E-state index in [0.29, 0.717) is 16.1 Å². The Morgan fingerprint density at radius 3 is 2.57 bits per heavy atom. The summed E-state index contributed by atoms with van der Waals surface area (Å²) < 4.78 is 0.928. The molecule has 120 valence electrons. The second kappa shape index (κ2) is 7.16. The highest BCUT2D eigenvalue weighted by Gasteiger charge is 2.26. The molecule has 0 bridgehead atoms. The van der Waals surface area contributed by atoms with Gasteiger partial charge in [-0.15, -0.1) is 22.9 Å². The number of fused-ring (bicyclic) bond motifs is 1. The number of anilines is 1. The zero-order chi connectivity index (χ0) is 16.4. The molecule has 0 aliphatic heterocycles. The van der Waals surface area contributed by atoms with E-state index in [1.165, 1.54) is 16.2 Å². The number of thiophene rings is 1. The number of alkyl halides is 1. The van der Waals surface area contributed by atoms with E-state index in [0.717, 1.165) is 35.7 Å². The first-order valence-corrected chi connectivity index (χ1v) is 9.55. The summed E-state index contributed by atoms with van der Waals surface area (Å²) in [5.41, 5.74) is 2.37. The summed E-state index contributed by atoms with van der Waals surface area (Å²) in [7, 11) is 0. The van der Waals surface area contributed by atoms with E-state index in [-0.39, 0.29) is 17.6 Å². The number of rotatable bonds is 4. The van der Waals surface area contributed by atoms with Crippen LogP contribution in [0.4, 0.5) is 5.00 Å². The van der Waals surface area contributed by atoms with Crippen molar-refractivity contribution in [3.05, 3.63) is 50.3 Å². The van der Waals surface area contributed by atoms with Crippen molar-refractivity contribution in [1.82, 2.24) is 0 Å². The van der Waals surface area contributed by atoms with Crippen LogP contribution in [0.5, 0.6) is 0 Å². The van der Waals surface area contributed by atoms with Gasteiger partial charge < -0.3 is 5.32 Å². The number of carbonyl (C=O) groups excluding carboxylic acids is 2. The van der Waals surface area contributed by atoms with Gasteiger partial charge in [-0.1, -0.05) is 15.9 Å². The van der Waals surface area contributed by atoms with Crippen molar-refractivity contribution in [3.63, 3.8) is 0 Å². The minimum Gasteiger partial charge on any atom is -0.316 e. The zero-order valence-corrected chi connectivity index (χ0v) is 15.5. The predicted octanol–water partition coefficient (Wildman–Crippen LogP) is 4.80. The third-order valence-corrected chi connectivity index (χ3v) is 5.86. The van der Waals surface area contributed by atoms with E-state index >= 15 is 0 Å². The van der Waals surface area contributed by atoms with Crippen LogP contribution in [0, 0.1) is 0 Å². The number of aryl methyl sites for hydroxylation is 1. The minimum absolute atomic E-state index is 0.0400. The standard InChI is InChI=1S/C17H15BrClNO2S/c18-11-7-5-10(6-8-11)16(22)15-12-3-1-2-4-13(12)23-17(15)20-14(21)9-19/h5-8H,1-4,9H2,(H,20,21). The van der Waals surface area contributed by atoms with Crippen LogP contribution in [0.25, 0.3) is 0 Å². The molecule has 0 fully saturated rings. The lowest BCUT2D eigenvalue weighted by atomic mass is 9.92. The van der Waals surface area contributed by atoms with Crippen LogP contribution in [0.2, 0.25) is 0 Å². The van der Waals surface area contributed by atoms with Crippen molar-refractivity contribution in [2.75, 3.05) is 11.2 Å². The number of hydrogen-bond acceptors (Lipinski definition) is 3. The van der Waals surface area contributed by atoms with Crippen LogP contribution in [-0.2, 0) is 17.6 Å². The van der Waals surface area contributed by atoms with Gasteiger partial charge in [0.15, 0.2) is 5.78 Å². The van der Waals surface area contributed by atoms with Gasteiger partial charge in [-0.2, -0.15) is 0 Å². The van der Waals surface area contributed by atoms with E-state index in [1.54, 1.807) is 12.1 Å². The van der Waals surface area contributed by atoms with Crippen molar-refractivity contribution in [1.29, 1.82) is 0 Å². The molecular formula is C17H15BrClNO2S. The highest BCUT2D eigenvalue weighted by molar-refractivity contribution is 9.10. The Hall–Kier alpha value is -1.17. The molecule has 1 N–H and O–H groups in total. The third-order valence-electron chi connectivity index (χ3n) is 3.88. The Kier molecular flexibility index (Phi) is 5.19. The van der Waals surface area contributed by atoms with Crippen LogP contribution in [0.15, 0.2) is 28.7 Å². The molecule has 6 heteroatoms. The fourth-order valence-corrected chi connectivity index (χ4v) is 4.43. The van der Waals surface area contributed by atoms with Gasteiger partial charge >= 0.3 is 0 Å². The van der Waals surface area contributed by atoms with Gasteiger partial charge in [-0.3, -0.25) is 9.59 Å². The predicted molar refractivity (Wildman–Crippen MR) is 97.9 cm³/mol. The molecule has 1 aromatic heterocycles. The number of halogens is 2. The van der Waals surface area contributed by atoms with Gasteiger partial charge in [-0.05, 0) is 55.5 Å². The fourth-order valence-electron chi connectivity index (χ4n) is 2.80. The van der Waals surface area contributed by atoms with E-state index in [9.17, 15) is 9.59 Å². The highest BCUT2D eigenvalue weighted by atomic mass is 79.9. The smallest absolute Gasteiger partial charge is 0.239 e. The fraction of sp³-hybridized carbons (Fsp3) is 0.294. The molecule has 2 aromatic rings. The average molecular weight is 413 g/mol. The van der Waals surface area contributed by atoms with E-state index in [1.807, 2.05) is 12.1 Å². The molecule has 0 saturated carbocycles. The summed E-state index contributed by atoms with van der Waals surface area (Å²) in [6.45, 7) is 0. The second-order valence-electron chi connectivity index (χ2n) is 5.43. The molecule has 0 unspecified atom stereocenters. The van der Waals surface area contributed by atoms with Gasteiger partial charge in [-0.25, -0.2) is 0 Å². The quantitative estimate of drug-likeness (QED) is 0.579. The van der Waals surface area contributed by atoms with Crippen molar-refractivity contribution in [2.45, 2.75) is 25.7 Å². The topological polar surface area (TPSA) is 46.2 Å². The first-order chi connectivity index (χ1) is 11.1. The third kappa shape index (κ3) is 3.52. The molecule has 1 aliphatic rings. The number of benzene rings is 1. The van der Waals surface area contributed by atoms with E-state index in [4.69, 9.17) is 11.6 Å². The van der Waals surface area contributed by atoms with E-state index in [2.05, 4.69) is 21.2 Å². The summed E-state index contributed by atoms with van der Waals surface area (Å²) in [6.07, 6.45) is 4.06. The Morgan fingerprint density at radius 1 is 1.17 bits per heavy atom. The Morgan fingerprint density at radius 2 is 1.87 bits per heavy atom. The molecule has 23 heavy (non-hydrogen) atoms. The largest absolute Gasteiger partial charge is 0.316 e. The zero-order valence-electron chi connectivity index (χ0n) is 12.3. The second-order valence-corrected chi connectivity index (χ2v) is 7.72. The monoisotopic (exact) mass is 411 g/mol. The lowest BCUT2D eigenvalue weighted by molar-refractivity contribution is -0.113. The molecule has 3 rings (SSSR count). The summed E-state index contributed by atoms with van der Waals surface area (Å²) >= 11 is 10.5. The normalized spacial score (nSPS) is 13.5. The maximum absolute atomic E-state index is 13.0. The molecule has 1 aliphatic carbocycles. The van der Waals surface area contributed by atoms with Crippen LogP contribution in [-0.4, -0.2) is 17.6 Å². The Balaban J connectivity index is 2.04. The lowest BCUT2D eigenvalue weighted by Gasteiger charge is -2.12. The van der Waals surface area contributed by atoms with Crippen LogP contribution in [0.1, 0.15) is 39.2 Å².